The molecule has 2 heteroatoms. The lowest BCUT2D eigenvalue weighted by Gasteiger charge is -2.49. The standard InChI is InChI=1S/C17H32N2/c1-12(2)19-10-15-5-4-6-16(11-19)17(15)18-9-13(3)14-7-8-14/h12-18H,4-11H2,1-3H3. The van der Waals surface area contributed by atoms with Crippen LogP contribution in [0, 0.1) is 23.7 Å². The molecule has 0 aromatic rings. The van der Waals surface area contributed by atoms with Gasteiger partial charge in [-0.25, -0.2) is 0 Å². The van der Waals surface area contributed by atoms with E-state index >= 15 is 0 Å². The third-order valence-electron chi connectivity index (χ3n) is 5.94. The van der Waals surface area contributed by atoms with E-state index in [0.717, 1.165) is 35.8 Å². The van der Waals surface area contributed by atoms with Gasteiger partial charge in [0, 0.05) is 25.2 Å². The molecule has 1 saturated heterocycles. The van der Waals surface area contributed by atoms with E-state index in [4.69, 9.17) is 0 Å². The van der Waals surface area contributed by atoms with Crippen molar-refractivity contribution in [1.29, 1.82) is 0 Å². The molecule has 2 bridgehead atoms. The van der Waals surface area contributed by atoms with Crippen molar-refractivity contribution in [2.24, 2.45) is 23.7 Å². The van der Waals surface area contributed by atoms with Gasteiger partial charge in [-0.15, -0.1) is 0 Å². The minimum atomic E-state index is 0.731. The first-order valence-corrected chi connectivity index (χ1v) is 8.62. The average Bonchev–Trinajstić information content (AvgIpc) is 3.18. The first-order valence-electron chi connectivity index (χ1n) is 8.62. The predicted molar refractivity (Wildman–Crippen MR) is 81.2 cm³/mol. The molecule has 3 atom stereocenters. The quantitative estimate of drug-likeness (QED) is 0.821. The van der Waals surface area contributed by atoms with E-state index in [1.54, 1.807) is 0 Å². The normalized spacial score (nSPS) is 37.6. The summed E-state index contributed by atoms with van der Waals surface area (Å²) in [5.74, 6) is 3.79. The lowest BCUT2D eigenvalue weighted by Crippen LogP contribution is -2.58. The number of likely N-dealkylation sites (tertiary alicyclic amines) is 1. The molecule has 3 fully saturated rings. The van der Waals surface area contributed by atoms with Crippen LogP contribution in [-0.2, 0) is 0 Å². The van der Waals surface area contributed by atoms with E-state index in [-0.39, 0.29) is 0 Å². The van der Waals surface area contributed by atoms with Gasteiger partial charge in [-0.05, 0) is 69.7 Å². The molecular weight excluding hydrogens is 232 g/mol. The number of fused-ring (bicyclic) bond motifs is 2. The molecule has 0 aromatic heterocycles. The van der Waals surface area contributed by atoms with Crippen molar-refractivity contribution in [1.82, 2.24) is 10.2 Å². The minimum Gasteiger partial charge on any atom is -0.313 e. The first kappa shape index (κ1) is 13.9. The highest BCUT2D eigenvalue weighted by Crippen LogP contribution is 2.38. The van der Waals surface area contributed by atoms with Crippen molar-refractivity contribution >= 4 is 0 Å². The summed E-state index contributed by atoms with van der Waals surface area (Å²) >= 11 is 0. The van der Waals surface area contributed by atoms with Gasteiger partial charge in [0.25, 0.3) is 0 Å². The lowest BCUT2D eigenvalue weighted by molar-refractivity contribution is 0.0281. The molecule has 1 N–H and O–H groups in total. The summed E-state index contributed by atoms with van der Waals surface area (Å²) in [6.45, 7) is 11.1. The largest absolute Gasteiger partial charge is 0.313 e. The van der Waals surface area contributed by atoms with Crippen LogP contribution in [0.2, 0.25) is 0 Å². The Hall–Kier alpha value is -0.0800. The molecule has 2 aliphatic carbocycles. The second kappa shape index (κ2) is 5.73. The summed E-state index contributed by atoms with van der Waals surface area (Å²) in [6, 6.07) is 1.55. The third kappa shape index (κ3) is 3.16. The molecule has 3 aliphatic rings. The van der Waals surface area contributed by atoms with Gasteiger partial charge < -0.3 is 10.2 Å². The van der Waals surface area contributed by atoms with Gasteiger partial charge >= 0.3 is 0 Å². The van der Waals surface area contributed by atoms with Crippen LogP contribution in [-0.4, -0.2) is 36.6 Å². The fourth-order valence-electron chi connectivity index (χ4n) is 4.38. The molecule has 110 valence electrons. The fraction of sp³-hybridized carbons (Fsp3) is 1.00. The molecular formula is C17H32N2. The summed E-state index contributed by atoms with van der Waals surface area (Å²) in [5.41, 5.74) is 0. The number of nitrogens with one attached hydrogen (secondary N) is 1. The topological polar surface area (TPSA) is 15.3 Å². The van der Waals surface area contributed by atoms with E-state index in [0.29, 0.717) is 0 Å². The van der Waals surface area contributed by atoms with Crippen molar-refractivity contribution in [2.45, 2.75) is 65.0 Å². The van der Waals surface area contributed by atoms with Crippen LogP contribution in [0.4, 0.5) is 0 Å². The summed E-state index contributed by atoms with van der Waals surface area (Å²) < 4.78 is 0. The van der Waals surface area contributed by atoms with Crippen molar-refractivity contribution in [3.05, 3.63) is 0 Å². The fourth-order valence-corrected chi connectivity index (χ4v) is 4.38. The number of hydrogen-bond acceptors (Lipinski definition) is 2. The smallest absolute Gasteiger partial charge is 0.0148 e. The maximum Gasteiger partial charge on any atom is 0.0148 e. The monoisotopic (exact) mass is 264 g/mol. The van der Waals surface area contributed by atoms with Gasteiger partial charge in [0.2, 0.25) is 0 Å². The molecule has 0 amide bonds. The maximum absolute atomic E-state index is 3.98. The molecule has 3 unspecified atom stereocenters. The predicted octanol–water partition coefficient (Wildman–Crippen LogP) is 3.13. The van der Waals surface area contributed by atoms with Gasteiger partial charge in [-0.2, -0.15) is 0 Å². The van der Waals surface area contributed by atoms with E-state index in [1.165, 1.54) is 51.7 Å². The van der Waals surface area contributed by atoms with Gasteiger partial charge in [0.1, 0.15) is 0 Å². The highest BCUT2D eigenvalue weighted by Gasteiger charge is 2.40. The van der Waals surface area contributed by atoms with Crippen LogP contribution in [0.3, 0.4) is 0 Å². The SMILES string of the molecule is CC(CNC1C2CCCC1CN(C(C)C)C2)C1CC1. The molecule has 3 rings (SSSR count). The van der Waals surface area contributed by atoms with Crippen molar-refractivity contribution < 1.29 is 0 Å². The zero-order chi connectivity index (χ0) is 13.4. The van der Waals surface area contributed by atoms with Crippen LogP contribution in [0.25, 0.3) is 0 Å². The summed E-state index contributed by atoms with van der Waals surface area (Å²) in [4.78, 5) is 2.72. The lowest BCUT2D eigenvalue weighted by atomic mass is 9.73. The Labute approximate surface area is 119 Å². The number of hydrogen-bond donors (Lipinski definition) is 1. The number of piperidine rings is 1. The van der Waals surface area contributed by atoms with E-state index in [1.807, 2.05) is 0 Å². The molecule has 2 nitrogen and oxygen atoms in total. The molecule has 0 aromatic carbocycles. The van der Waals surface area contributed by atoms with E-state index < -0.39 is 0 Å². The zero-order valence-corrected chi connectivity index (χ0v) is 13.1. The Morgan fingerprint density at radius 1 is 1.00 bits per heavy atom. The van der Waals surface area contributed by atoms with Crippen molar-refractivity contribution in [3.8, 4) is 0 Å². The minimum absolute atomic E-state index is 0.731. The maximum atomic E-state index is 3.98. The van der Waals surface area contributed by atoms with Gasteiger partial charge in [-0.3, -0.25) is 0 Å². The first-order chi connectivity index (χ1) is 9.15. The second-order valence-electron chi connectivity index (χ2n) is 7.75. The molecule has 0 spiro atoms. The van der Waals surface area contributed by atoms with Crippen LogP contribution >= 0.6 is 0 Å². The molecule has 1 aliphatic heterocycles. The summed E-state index contributed by atoms with van der Waals surface area (Å²) in [7, 11) is 0. The van der Waals surface area contributed by atoms with Crippen molar-refractivity contribution in [3.63, 3.8) is 0 Å². The molecule has 1 heterocycles. The zero-order valence-electron chi connectivity index (χ0n) is 13.1. The second-order valence-corrected chi connectivity index (χ2v) is 7.75. The molecule has 2 saturated carbocycles. The van der Waals surface area contributed by atoms with Gasteiger partial charge in [0.15, 0.2) is 0 Å². The van der Waals surface area contributed by atoms with E-state index in [9.17, 15) is 0 Å². The number of rotatable bonds is 5. The van der Waals surface area contributed by atoms with Crippen LogP contribution in [0.5, 0.6) is 0 Å². The number of nitrogens with zero attached hydrogens (tertiary/aromatic N) is 1. The van der Waals surface area contributed by atoms with Crippen LogP contribution in [0.15, 0.2) is 0 Å². The highest BCUT2D eigenvalue weighted by atomic mass is 15.2. The van der Waals surface area contributed by atoms with Gasteiger partial charge in [0.05, 0.1) is 0 Å². The Morgan fingerprint density at radius 2 is 1.63 bits per heavy atom. The Bertz CT molecular complexity index is 284. The Kier molecular flexibility index (Phi) is 4.19. The van der Waals surface area contributed by atoms with Crippen molar-refractivity contribution in [2.75, 3.05) is 19.6 Å². The van der Waals surface area contributed by atoms with Gasteiger partial charge in [-0.1, -0.05) is 13.3 Å². The third-order valence-corrected chi connectivity index (χ3v) is 5.94. The average molecular weight is 264 g/mol. The Balaban J connectivity index is 1.55. The van der Waals surface area contributed by atoms with E-state index in [2.05, 4.69) is 31.0 Å². The van der Waals surface area contributed by atoms with Crippen LogP contribution < -0.4 is 5.32 Å². The Morgan fingerprint density at radius 3 is 2.16 bits per heavy atom. The summed E-state index contributed by atoms with van der Waals surface area (Å²) in [6.07, 6.45) is 7.35. The highest BCUT2D eigenvalue weighted by molar-refractivity contribution is 4.96. The molecule has 19 heavy (non-hydrogen) atoms. The summed E-state index contributed by atoms with van der Waals surface area (Å²) in [5, 5.41) is 3.98. The van der Waals surface area contributed by atoms with Crippen LogP contribution in [0.1, 0.15) is 52.9 Å². The molecule has 0 radical (unpaired) electrons.